The first kappa shape index (κ1) is 28.4. The average Bonchev–Trinajstić information content (AvgIpc) is 2.93. The summed E-state index contributed by atoms with van der Waals surface area (Å²) >= 11 is 0. The van der Waals surface area contributed by atoms with Crippen LogP contribution >= 0.6 is 0 Å². The highest BCUT2D eigenvalue weighted by Crippen LogP contribution is 2.35. The molecule has 0 bridgehead atoms. The summed E-state index contributed by atoms with van der Waals surface area (Å²) < 4.78 is 99.7. The standard InChI is InChI=1S/C27H24FNO7S3/c1-21-12-18-26(19-13-21)39(34,35)36-23-16-14-22(15-17-23)27(20-28)29(37(30,31)24-8-4-2-5-9-24)38(32,33)25-10-6-3-7-11-25/h2-19,27H,20H2,1H3. The Labute approximate surface area is 227 Å². The highest BCUT2D eigenvalue weighted by atomic mass is 32.3. The van der Waals surface area contributed by atoms with Crippen molar-refractivity contribution in [1.82, 2.24) is 3.71 Å². The molecule has 4 aromatic carbocycles. The van der Waals surface area contributed by atoms with Gasteiger partial charge >= 0.3 is 10.1 Å². The van der Waals surface area contributed by atoms with Gasteiger partial charge in [0.2, 0.25) is 0 Å². The summed E-state index contributed by atoms with van der Waals surface area (Å²) in [7, 11) is -13.7. The summed E-state index contributed by atoms with van der Waals surface area (Å²) in [5.74, 6) is -0.125. The van der Waals surface area contributed by atoms with Crippen LogP contribution in [0.5, 0.6) is 5.75 Å². The molecule has 204 valence electrons. The lowest BCUT2D eigenvalue weighted by molar-refractivity contribution is 0.339. The van der Waals surface area contributed by atoms with E-state index in [-0.39, 0.29) is 29.7 Å². The number of alkyl halides is 1. The van der Waals surface area contributed by atoms with Crippen LogP contribution in [0.4, 0.5) is 4.39 Å². The van der Waals surface area contributed by atoms with Crippen LogP contribution in [0.15, 0.2) is 124 Å². The van der Waals surface area contributed by atoms with Crippen molar-refractivity contribution in [3.8, 4) is 5.75 Å². The molecule has 0 aliphatic heterocycles. The molecule has 8 nitrogen and oxygen atoms in total. The topological polar surface area (TPSA) is 115 Å². The van der Waals surface area contributed by atoms with Crippen molar-refractivity contribution in [2.45, 2.75) is 27.7 Å². The SMILES string of the molecule is Cc1ccc(S(=O)(=O)Oc2ccc(C(CF)N(S(=O)(=O)c3ccccc3)S(=O)(=O)c3ccccc3)cc2)cc1. The van der Waals surface area contributed by atoms with Gasteiger partial charge in [-0.1, -0.05) is 69.9 Å². The molecule has 12 heteroatoms. The zero-order valence-electron chi connectivity index (χ0n) is 20.6. The molecule has 0 spiro atoms. The average molecular weight is 590 g/mol. The maximum Gasteiger partial charge on any atom is 0.339 e. The fraction of sp³-hybridized carbons (Fsp3) is 0.111. The minimum atomic E-state index is -4.77. The van der Waals surface area contributed by atoms with Crippen LogP contribution < -0.4 is 4.18 Å². The quantitative estimate of drug-likeness (QED) is 0.243. The molecular weight excluding hydrogens is 565 g/mol. The first-order chi connectivity index (χ1) is 18.5. The van der Waals surface area contributed by atoms with Crippen molar-refractivity contribution in [3.05, 3.63) is 120 Å². The first-order valence-corrected chi connectivity index (χ1v) is 15.8. The van der Waals surface area contributed by atoms with Gasteiger partial charge in [0, 0.05) is 0 Å². The Kier molecular flexibility index (Phi) is 8.21. The number of hydrogen-bond donors (Lipinski definition) is 0. The lowest BCUT2D eigenvalue weighted by Gasteiger charge is -2.29. The fourth-order valence-electron chi connectivity index (χ4n) is 3.75. The summed E-state index contributed by atoms with van der Waals surface area (Å²) in [5.41, 5.74) is 0.827. The predicted molar refractivity (Wildman–Crippen MR) is 143 cm³/mol. The summed E-state index contributed by atoms with van der Waals surface area (Å²) in [6.07, 6.45) is 0. The normalized spacial score (nSPS) is 13.2. The lowest BCUT2D eigenvalue weighted by Crippen LogP contribution is -2.40. The number of hydrogen-bond acceptors (Lipinski definition) is 7. The molecule has 0 saturated heterocycles. The van der Waals surface area contributed by atoms with E-state index >= 15 is 0 Å². The predicted octanol–water partition coefficient (Wildman–Crippen LogP) is 4.85. The van der Waals surface area contributed by atoms with Crippen LogP contribution in [0.2, 0.25) is 0 Å². The Bertz CT molecular complexity index is 1680. The van der Waals surface area contributed by atoms with E-state index in [9.17, 15) is 29.6 Å². The summed E-state index contributed by atoms with van der Waals surface area (Å²) in [4.78, 5) is -0.757. The molecule has 0 N–H and O–H groups in total. The highest BCUT2D eigenvalue weighted by molar-refractivity contribution is 8.04. The summed E-state index contributed by atoms with van der Waals surface area (Å²) in [5, 5.41) is 0. The lowest BCUT2D eigenvalue weighted by atomic mass is 10.1. The number of nitrogens with zero attached hydrogens (tertiary/aromatic N) is 1. The number of rotatable bonds is 10. The van der Waals surface area contributed by atoms with Crippen molar-refractivity contribution in [2.24, 2.45) is 0 Å². The second-order valence-electron chi connectivity index (χ2n) is 8.45. The molecule has 0 aliphatic carbocycles. The number of benzene rings is 4. The molecule has 0 aliphatic rings. The molecule has 4 rings (SSSR count). The number of sulfonamides is 2. The molecule has 0 heterocycles. The first-order valence-electron chi connectivity index (χ1n) is 11.5. The molecule has 0 amide bonds. The molecule has 0 saturated carbocycles. The van der Waals surface area contributed by atoms with Crippen molar-refractivity contribution in [1.29, 1.82) is 0 Å². The Balaban J connectivity index is 1.75. The second-order valence-corrected chi connectivity index (χ2v) is 13.9. The smallest absolute Gasteiger partial charge is 0.339 e. The number of aryl methyl sites for hydroxylation is 1. The van der Waals surface area contributed by atoms with E-state index in [1.807, 2.05) is 0 Å². The molecule has 0 aromatic heterocycles. The molecule has 1 atom stereocenters. The van der Waals surface area contributed by atoms with E-state index in [0.717, 1.165) is 5.56 Å². The highest BCUT2D eigenvalue weighted by Gasteiger charge is 2.43. The molecule has 0 radical (unpaired) electrons. The van der Waals surface area contributed by atoms with Gasteiger partial charge in [0.05, 0.1) is 15.8 Å². The number of halogens is 1. The van der Waals surface area contributed by atoms with Gasteiger partial charge in [-0.05, 0) is 61.0 Å². The van der Waals surface area contributed by atoms with E-state index in [1.165, 1.54) is 84.9 Å². The van der Waals surface area contributed by atoms with Crippen LogP contribution in [0, 0.1) is 6.92 Å². The molecule has 0 fully saturated rings. The van der Waals surface area contributed by atoms with Crippen LogP contribution in [-0.2, 0) is 30.2 Å². The summed E-state index contributed by atoms with van der Waals surface area (Å²) in [6.45, 7) is 0.413. The zero-order valence-corrected chi connectivity index (χ0v) is 23.0. The molecule has 39 heavy (non-hydrogen) atoms. The molecular formula is C27H24FNO7S3. The van der Waals surface area contributed by atoms with Crippen molar-refractivity contribution < 1.29 is 33.8 Å². The van der Waals surface area contributed by atoms with Crippen molar-refractivity contribution in [3.63, 3.8) is 0 Å². The van der Waals surface area contributed by atoms with Gasteiger partial charge in [-0.3, -0.25) is 0 Å². The Morgan fingerprint density at radius 2 is 1.10 bits per heavy atom. The maximum absolute atomic E-state index is 14.6. The van der Waals surface area contributed by atoms with Crippen LogP contribution in [-0.4, -0.2) is 35.6 Å². The Morgan fingerprint density at radius 1 is 0.641 bits per heavy atom. The Morgan fingerprint density at radius 3 is 1.54 bits per heavy atom. The largest absolute Gasteiger partial charge is 0.379 e. The van der Waals surface area contributed by atoms with Gasteiger partial charge in [0.1, 0.15) is 17.3 Å². The van der Waals surface area contributed by atoms with E-state index < -0.39 is 42.9 Å². The third-order valence-electron chi connectivity index (χ3n) is 5.74. The van der Waals surface area contributed by atoms with Crippen molar-refractivity contribution in [2.75, 3.05) is 6.67 Å². The minimum Gasteiger partial charge on any atom is -0.379 e. The van der Waals surface area contributed by atoms with E-state index in [4.69, 9.17) is 4.18 Å². The zero-order chi connectivity index (χ0) is 28.3. The molecule has 4 aromatic rings. The van der Waals surface area contributed by atoms with E-state index in [1.54, 1.807) is 31.2 Å². The summed E-state index contributed by atoms with van der Waals surface area (Å²) in [6, 6.07) is 22.7. The second kappa shape index (κ2) is 11.3. The monoisotopic (exact) mass is 589 g/mol. The van der Waals surface area contributed by atoms with Crippen LogP contribution in [0.3, 0.4) is 0 Å². The van der Waals surface area contributed by atoms with Gasteiger partial charge in [0.25, 0.3) is 20.0 Å². The maximum atomic E-state index is 14.6. The third kappa shape index (κ3) is 6.04. The fourth-order valence-corrected chi connectivity index (χ4v) is 8.67. The van der Waals surface area contributed by atoms with Gasteiger partial charge in [-0.2, -0.15) is 8.42 Å². The van der Waals surface area contributed by atoms with Gasteiger partial charge in [-0.15, -0.1) is 0 Å². The van der Waals surface area contributed by atoms with E-state index in [0.29, 0.717) is 0 Å². The minimum absolute atomic E-state index is 0.0309. The van der Waals surface area contributed by atoms with Crippen LogP contribution in [0.25, 0.3) is 0 Å². The van der Waals surface area contributed by atoms with Crippen LogP contribution in [0.1, 0.15) is 17.2 Å². The third-order valence-corrected chi connectivity index (χ3v) is 11.4. The van der Waals surface area contributed by atoms with Gasteiger partial charge < -0.3 is 4.18 Å². The van der Waals surface area contributed by atoms with Gasteiger partial charge in [-0.25, -0.2) is 21.2 Å². The molecule has 1 unspecified atom stereocenters. The van der Waals surface area contributed by atoms with E-state index in [2.05, 4.69) is 0 Å². The van der Waals surface area contributed by atoms with Crippen molar-refractivity contribution >= 4 is 30.2 Å². The van der Waals surface area contributed by atoms with Gasteiger partial charge in [0.15, 0.2) is 0 Å². The Hall–Kier alpha value is -3.58.